The number of alkyl halides is 3. The van der Waals surface area contributed by atoms with E-state index in [1.54, 1.807) is 6.07 Å². The molecule has 21 heavy (non-hydrogen) atoms. The Balaban J connectivity index is 2.43. The van der Waals surface area contributed by atoms with E-state index in [2.05, 4.69) is 4.98 Å². The summed E-state index contributed by atoms with van der Waals surface area (Å²) < 4.78 is 43.1. The average molecular weight is 360 g/mol. The summed E-state index contributed by atoms with van der Waals surface area (Å²) in [5.41, 5.74) is 0. The van der Waals surface area contributed by atoms with Gasteiger partial charge < -0.3 is 4.74 Å². The van der Waals surface area contributed by atoms with Gasteiger partial charge in [0, 0.05) is 0 Å². The van der Waals surface area contributed by atoms with Gasteiger partial charge in [-0.25, -0.2) is 14.3 Å². The first-order valence-corrected chi connectivity index (χ1v) is 6.33. The van der Waals surface area contributed by atoms with Gasteiger partial charge in [0.25, 0.3) is 0 Å². The van der Waals surface area contributed by atoms with Crippen LogP contribution in [-0.2, 0) is 6.18 Å². The summed E-state index contributed by atoms with van der Waals surface area (Å²) in [6.45, 7) is 0. The van der Waals surface area contributed by atoms with Crippen molar-refractivity contribution in [2.24, 2.45) is 0 Å². The van der Waals surface area contributed by atoms with Crippen molar-refractivity contribution in [1.29, 1.82) is 0 Å². The van der Waals surface area contributed by atoms with E-state index in [4.69, 9.17) is 39.5 Å². The van der Waals surface area contributed by atoms with Crippen LogP contribution < -0.4 is 4.74 Å². The minimum absolute atomic E-state index is 0.0210. The van der Waals surface area contributed by atoms with Crippen LogP contribution in [-0.4, -0.2) is 15.6 Å². The first-order chi connectivity index (χ1) is 9.71. The number of aromatic nitrogens is 2. The monoisotopic (exact) mass is 358 g/mol. The predicted molar refractivity (Wildman–Crippen MR) is 70.1 cm³/mol. The van der Waals surface area contributed by atoms with E-state index >= 15 is 0 Å². The fourth-order valence-electron chi connectivity index (χ4n) is 1.40. The van der Waals surface area contributed by atoms with Crippen molar-refractivity contribution in [1.82, 2.24) is 9.55 Å². The van der Waals surface area contributed by atoms with Crippen molar-refractivity contribution in [3.63, 3.8) is 0 Å². The highest BCUT2D eigenvalue weighted by atomic mass is 35.5. The van der Waals surface area contributed by atoms with Gasteiger partial charge in [-0.1, -0.05) is 46.9 Å². The van der Waals surface area contributed by atoms with Crippen LogP contribution in [0.5, 0.6) is 5.75 Å². The van der Waals surface area contributed by atoms with E-state index < -0.39 is 28.4 Å². The SMILES string of the molecule is O=C(Oc1ccccc1Cl)n1c(C(F)(F)F)nc(Cl)c1Cl. The molecule has 0 fully saturated rings. The molecule has 0 aliphatic rings. The summed E-state index contributed by atoms with van der Waals surface area (Å²) in [7, 11) is 0. The summed E-state index contributed by atoms with van der Waals surface area (Å²) in [6, 6.07) is 5.75. The van der Waals surface area contributed by atoms with Crippen LogP contribution in [0.25, 0.3) is 0 Å². The molecule has 0 N–H and O–H groups in total. The lowest BCUT2D eigenvalue weighted by Crippen LogP contribution is -2.24. The number of imidazole rings is 1. The molecule has 0 saturated heterocycles. The summed E-state index contributed by atoms with van der Waals surface area (Å²) in [5.74, 6) is -1.72. The molecular weight excluding hydrogens is 355 g/mol. The van der Waals surface area contributed by atoms with Crippen LogP contribution in [0.1, 0.15) is 5.82 Å². The molecule has 0 atom stereocenters. The predicted octanol–water partition coefficient (Wildman–Crippen LogP) is 4.91. The molecule has 0 aliphatic heterocycles. The number of halogens is 6. The number of para-hydroxylation sites is 1. The minimum Gasteiger partial charge on any atom is -0.408 e. The minimum atomic E-state index is -4.93. The van der Waals surface area contributed by atoms with E-state index in [0.717, 1.165) is 0 Å². The maximum Gasteiger partial charge on any atom is 0.450 e. The highest BCUT2D eigenvalue weighted by molar-refractivity contribution is 6.41. The Morgan fingerprint density at radius 3 is 2.38 bits per heavy atom. The highest BCUT2D eigenvalue weighted by Gasteiger charge is 2.41. The van der Waals surface area contributed by atoms with Crippen LogP contribution >= 0.6 is 34.8 Å². The Morgan fingerprint density at radius 2 is 1.81 bits per heavy atom. The molecule has 0 saturated carbocycles. The molecule has 0 amide bonds. The molecule has 0 radical (unpaired) electrons. The van der Waals surface area contributed by atoms with Gasteiger partial charge in [0.1, 0.15) is 0 Å². The van der Waals surface area contributed by atoms with E-state index in [-0.39, 0.29) is 15.3 Å². The Bertz CT molecular complexity index is 701. The third kappa shape index (κ3) is 3.25. The van der Waals surface area contributed by atoms with E-state index in [0.29, 0.717) is 0 Å². The Kier molecular flexibility index (Phi) is 4.36. The lowest BCUT2D eigenvalue weighted by molar-refractivity contribution is -0.146. The van der Waals surface area contributed by atoms with Gasteiger partial charge in [-0.2, -0.15) is 13.2 Å². The summed E-state index contributed by atoms with van der Waals surface area (Å²) in [4.78, 5) is 14.9. The van der Waals surface area contributed by atoms with Crippen LogP contribution in [0.2, 0.25) is 15.3 Å². The molecule has 1 aromatic carbocycles. The molecule has 0 spiro atoms. The molecule has 4 nitrogen and oxygen atoms in total. The number of carbonyl (C=O) groups excluding carboxylic acids is 1. The summed E-state index contributed by atoms with van der Waals surface area (Å²) in [5, 5.41) is -1.33. The van der Waals surface area contributed by atoms with Crippen molar-refractivity contribution < 1.29 is 22.7 Å². The maximum absolute atomic E-state index is 12.8. The zero-order chi connectivity index (χ0) is 15.8. The van der Waals surface area contributed by atoms with Gasteiger partial charge in [0.2, 0.25) is 5.82 Å². The van der Waals surface area contributed by atoms with Crippen molar-refractivity contribution in [3.8, 4) is 5.75 Å². The second-order valence-corrected chi connectivity index (χ2v) is 4.77. The third-order valence-electron chi connectivity index (χ3n) is 2.25. The molecular formula is C11H4Cl3F3N2O2. The summed E-state index contributed by atoms with van der Waals surface area (Å²) >= 11 is 16.7. The number of ether oxygens (including phenoxy) is 1. The van der Waals surface area contributed by atoms with Crippen molar-refractivity contribution in [2.75, 3.05) is 0 Å². The van der Waals surface area contributed by atoms with E-state index in [1.807, 2.05) is 0 Å². The van der Waals surface area contributed by atoms with Crippen LogP contribution in [0.15, 0.2) is 24.3 Å². The third-order valence-corrected chi connectivity index (χ3v) is 3.27. The molecule has 2 rings (SSSR count). The van der Waals surface area contributed by atoms with Gasteiger partial charge in [-0.15, -0.1) is 0 Å². The fraction of sp³-hybridized carbons (Fsp3) is 0.0909. The maximum atomic E-state index is 12.8. The van der Waals surface area contributed by atoms with Crippen LogP contribution in [0.4, 0.5) is 18.0 Å². The van der Waals surface area contributed by atoms with Crippen molar-refractivity contribution in [3.05, 3.63) is 45.4 Å². The standard InChI is InChI=1S/C11H4Cl3F3N2O2/c12-5-3-1-2-4-6(5)21-10(20)19-8(14)7(13)18-9(19)11(15,16)17/h1-4H. The lowest BCUT2D eigenvalue weighted by Gasteiger charge is -2.10. The number of benzene rings is 1. The lowest BCUT2D eigenvalue weighted by atomic mass is 10.3. The fourth-order valence-corrected chi connectivity index (χ4v) is 1.93. The number of hydrogen-bond acceptors (Lipinski definition) is 3. The molecule has 0 bridgehead atoms. The molecule has 112 valence electrons. The summed E-state index contributed by atoms with van der Waals surface area (Å²) in [6.07, 6.45) is -6.36. The first kappa shape index (κ1) is 15.9. The Morgan fingerprint density at radius 1 is 1.19 bits per heavy atom. The van der Waals surface area contributed by atoms with Crippen LogP contribution in [0.3, 0.4) is 0 Å². The number of rotatable bonds is 1. The Labute approximate surface area is 131 Å². The quantitative estimate of drug-likeness (QED) is 0.727. The first-order valence-electron chi connectivity index (χ1n) is 5.19. The molecule has 2 aromatic rings. The van der Waals surface area contributed by atoms with Crippen molar-refractivity contribution >= 4 is 40.9 Å². The van der Waals surface area contributed by atoms with E-state index in [9.17, 15) is 18.0 Å². The highest BCUT2D eigenvalue weighted by Crippen LogP contribution is 2.34. The van der Waals surface area contributed by atoms with Gasteiger partial charge in [0.15, 0.2) is 16.1 Å². The van der Waals surface area contributed by atoms with Gasteiger partial charge >= 0.3 is 12.3 Å². The topological polar surface area (TPSA) is 44.1 Å². The van der Waals surface area contributed by atoms with Crippen molar-refractivity contribution in [2.45, 2.75) is 6.18 Å². The smallest absolute Gasteiger partial charge is 0.408 e. The largest absolute Gasteiger partial charge is 0.450 e. The van der Waals surface area contributed by atoms with Crippen LogP contribution in [0, 0.1) is 0 Å². The zero-order valence-electron chi connectivity index (χ0n) is 9.79. The van der Waals surface area contributed by atoms with Gasteiger partial charge in [-0.3, -0.25) is 0 Å². The molecule has 10 heteroatoms. The zero-order valence-corrected chi connectivity index (χ0v) is 12.1. The van der Waals surface area contributed by atoms with Gasteiger partial charge in [-0.05, 0) is 12.1 Å². The second-order valence-electron chi connectivity index (χ2n) is 3.65. The number of nitrogens with zero attached hydrogens (tertiary/aromatic N) is 2. The molecule has 0 aliphatic carbocycles. The normalized spacial score (nSPS) is 11.5. The molecule has 0 unspecified atom stereocenters. The molecule has 1 aromatic heterocycles. The second kappa shape index (κ2) is 5.75. The molecule has 1 heterocycles. The number of hydrogen-bond donors (Lipinski definition) is 0. The van der Waals surface area contributed by atoms with E-state index in [1.165, 1.54) is 18.2 Å². The number of carbonyl (C=O) groups is 1. The Hall–Kier alpha value is -1.44. The van der Waals surface area contributed by atoms with Gasteiger partial charge in [0.05, 0.1) is 5.02 Å². The average Bonchev–Trinajstić information content (AvgIpc) is 2.69.